The average molecular weight is 266 g/mol. The largest absolute Gasteiger partial charge is 0.469 e. The monoisotopic (exact) mass is 266 g/mol. The fourth-order valence-corrected chi connectivity index (χ4v) is 1.38. The summed E-state index contributed by atoms with van der Waals surface area (Å²) in [4.78, 5) is 14.8. The smallest absolute Gasteiger partial charge is 0.305 e. The molecule has 0 unspecified atom stereocenters. The van der Waals surface area contributed by atoms with E-state index in [1.54, 1.807) is 6.08 Å². The molecular formula is C13H15FN2O3. The Morgan fingerprint density at radius 3 is 3.05 bits per heavy atom. The summed E-state index contributed by atoms with van der Waals surface area (Å²) in [6.07, 6.45) is 6.21. The van der Waals surface area contributed by atoms with Crippen LogP contribution >= 0.6 is 0 Å². The van der Waals surface area contributed by atoms with Crippen LogP contribution in [0.15, 0.2) is 23.4 Å². The zero-order valence-electron chi connectivity index (χ0n) is 10.5. The van der Waals surface area contributed by atoms with Crippen molar-refractivity contribution in [2.24, 2.45) is 5.16 Å². The second-order valence-corrected chi connectivity index (χ2v) is 3.72. The lowest BCUT2D eigenvalue weighted by Crippen LogP contribution is -1.98. The van der Waals surface area contributed by atoms with Crippen LogP contribution < -0.4 is 0 Å². The van der Waals surface area contributed by atoms with Gasteiger partial charge in [0, 0.05) is 6.42 Å². The zero-order chi connectivity index (χ0) is 14.1. The predicted molar refractivity (Wildman–Crippen MR) is 68.5 cm³/mol. The molecule has 0 saturated carbocycles. The quantitative estimate of drug-likeness (QED) is 0.282. The summed E-state index contributed by atoms with van der Waals surface area (Å²) in [6.45, 7) is 0. The van der Waals surface area contributed by atoms with E-state index < -0.39 is 5.82 Å². The molecule has 1 aromatic rings. The van der Waals surface area contributed by atoms with Gasteiger partial charge >= 0.3 is 5.97 Å². The van der Waals surface area contributed by atoms with E-state index in [1.165, 1.54) is 19.2 Å². The minimum Gasteiger partial charge on any atom is -0.469 e. The number of esters is 1. The van der Waals surface area contributed by atoms with E-state index in [2.05, 4.69) is 14.9 Å². The van der Waals surface area contributed by atoms with E-state index in [0.717, 1.165) is 6.21 Å². The van der Waals surface area contributed by atoms with Crippen molar-refractivity contribution in [2.45, 2.75) is 19.3 Å². The first-order valence-electron chi connectivity index (χ1n) is 5.74. The molecule has 0 radical (unpaired) electrons. The third-order valence-corrected chi connectivity index (χ3v) is 2.34. The SMILES string of the molecule is COC(=O)CCC/C=C/c1ccc(F)c(/C=N/O)n1. The molecule has 0 spiro atoms. The third kappa shape index (κ3) is 5.29. The summed E-state index contributed by atoms with van der Waals surface area (Å²) in [5, 5.41) is 11.1. The second kappa shape index (κ2) is 7.97. The van der Waals surface area contributed by atoms with Crippen molar-refractivity contribution in [3.63, 3.8) is 0 Å². The maximum Gasteiger partial charge on any atom is 0.305 e. The van der Waals surface area contributed by atoms with Gasteiger partial charge in [-0.25, -0.2) is 9.37 Å². The van der Waals surface area contributed by atoms with Crippen molar-refractivity contribution >= 4 is 18.3 Å². The van der Waals surface area contributed by atoms with Crippen LogP contribution in [-0.4, -0.2) is 29.5 Å². The number of aromatic nitrogens is 1. The van der Waals surface area contributed by atoms with Gasteiger partial charge in [-0.1, -0.05) is 11.2 Å². The van der Waals surface area contributed by atoms with Crippen LogP contribution in [-0.2, 0) is 9.53 Å². The number of pyridine rings is 1. The maximum absolute atomic E-state index is 13.2. The molecule has 1 aromatic heterocycles. The molecular weight excluding hydrogens is 251 g/mol. The van der Waals surface area contributed by atoms with E-state index in [9.17, 15) is 9.18 Å². The molecule has 0 atom stereocenters. The molecule has 0 saturated heterocycles. The highest BCUT2D eigenvalue weighted by atomic mass is 19.1. The van der Waals surface area contributed by atoms with E-state index in [0.29, 0.717) is 25.0 Å². The van der Waals surface area contributed by atoms with Crippen molar-refractivity contribution in [1.29, 1.82) is 0 Å². The predicted octanol–water partition coefficient (Wildman–Crippen LogP) is 2.39. The minimum absolute atomic E-state index is 0.0285. The van der Waals surface area contributed by atoms with Crippen LogP contribution in [0.4, 0.5) is 4.39 Å². The molecule has 19 heavy (non-hydrogen) atoms. The normalized spacial score (nSPS) is 11.3. The zero-order valence-corrected chi connectivity index (χ0v) is 10.5. The van der Waals surface area contributed by atoms with Crippen LogP contribution in [0.5, 0.6) is 0 Å². The first-order valence-corrected chi connectivity index (χ1v) is 5.74. The molecule has 0 aliphatic carbocycles. The van der Waals surface area contributed by atoms with Gasteiger partial charge in [0.25, 0.3) is 0 Å². The number of methoxy groups -OCH3 is 1. The maximum atomic E-state index is 13.2. The standard InChI is InChI=1S/C13H15FN2O3/c1-19-13(17)6-4-2-3-5-10-7-8-11(14)12(16-10)9-15-18/h3,5,7-9,18H,2,4,6H2,1H3/b5-3+,15-9+. The number of hydrogen-bond acceptors (Lipinski definition) is 5. The fraction of sp³-hybridized carbons (Fsp3) is 0.308. The van der Waals surface area contributed by atoms with Crippen molar-refractivity contribution in [2.75, 3.05) is 7.11 Å². The van der Waals surface area contributed by atoms with Gasteiger partial charge in [-0.15, -0.1) is 0 Å². The lowest BCUT2D eigenvalue weighted by molar-refractivity contribution is -0.140. The molecule has 0 amide bonds. The Bertz CT molecular complexity index is 487. The fourth-order valence-electron chi connectivity index (χ4n) is 1.38. The number of carbonyl (C=O) groups excluding carboxylic acids is 1. The van der Waals surface area contributed by atoms with Crippen molar-refractivity contribution in [3.8, 4) is 0 Å². The number of allylic oxidation sites excluding steroid dienone is 1. The van der Waals surface area contributed by atoms with Gasteiger partial charge in [0.05, 0.1) is 19.0 Å². The Kier molecular flexibility index (Phi) is 6.21. The van der Waals surface area contributed by atoms with Gasteiger partial charge in [0.15, 0.2) is 5.82 Å². The van der Waals surface area contributed by atoms with Crippen LogP contribution in [0, 0.1) is 5.82 Å². The number of carbonyl (C=O) groups is 1. The van der Waals surface area contributed by atoms with Crippen LogP contribution in [0.3, 0.4) is 0 Å². The molecule has 0 aliphatic heterocycles. The lowest BCUT2D eigenvalue weighted by Gasteiger charge is -1.98. The molecule has 1 heterocycles. The topological polar surface area (TPSA) is 71.8 Å². The highest BCUT2D eigenvalue weighted by Gasteiger charge is 2.01. The van der Waals surface area contributed by atoms with Crippen molar-refractivity contribution in [1.82, 2.24) is 4.98 Å². The van der Waals surface area contributed by atoms with Crippen LogP contribution in [0.1, 0.15) is 30.7 Å². The summed E-state index contributed by atoms with van der Waals surface area (Å²) >= 11 is 0. The number of rotatable bonds is 6. The van der Waals surface area contributed by atoms with Crippen LogP contribution in [0.25, 0.3) is 6.08 Å². The molecule has 0 aliphatic rings. The molecule has 0 aromatic carbocycles. The molecule has 5 nitrogen and oxygen atoms in total. The molecule has 0 bridgehead atoms. The number of halogens is 1. The van der Waals surface area contributed by atoms with Gasteiger partial charge < -0.3 is 9.94 Å². The van der Waals surface area contributed by atoms with Crippen LogP contribution in [0.2, 0.25) is 0 Å². The number of nitrogens with zero attached hydrogens (tertiary/aromatic N) is 2. The van der Waals surface area contributed by atoms with E-state index in [-0.39, 0.29) is 11.7 Å². The Morgan fingerprint density at radius 1 is 1.58 bits per heavy atom. The van der Waals surface area contributed by atoms with Gasteiger partial charge in [-0.2, -0.15) is 0 Å². The average Bonchev–Trinajstić information content (AvgIpc) is 2.41. The van der Waals surface area contributed by atoms with Gasteiger partial charge in [0.2, 0.25) is 0 Å². The van der Waals surface area contributed by atoms with Crippen molar-refractivity contribution in [3.05, 3.63) is 35.4 Å². The molecule has 102 valence electrons. The summed E-state index contributed by atoms with van der Waals surface area (Å²) in [5.41, 5.74) is 0.522. The number of unbranched alkanes of at least 4 members (excludes halogenated alkanes) is 1. The van der Waals surface area contributed by atoms with E-state index in [4.69, 9.17) is 5.21 Å². The Morgan fingerprint density at radius 2 is 2.37 bits per heavy atom. The summed E-state index contributed by atoms with van der Waals surface area (Å²) in [5.74, 6) is -0.796. The molecule has 1 rings (SSSR count). The first kappa shape index (κ1) is 14.8. The highest BCUT2D eigenvalue weighted by Crippen LogP contribution is 2.07. The van der Waals surface area contributed by atoms with E-state index >= 15 is 0 Å². The number of oxime groups is 1. The summed E-state index contributed by atoms with van der Waals surface area (Å²) < 4.78 is 17.7. The van der Waals surface area contributed by atoms with Gasteiger partial charge in [0.1, 0.15) is 5.69 Å². The summed E-state index contributed by atoms with van der Waals surface area (Å²) in [7, 11) is 1.35. The Hall–Kier alpha value is -2.24. The van der Waals surface area contributed by atoms with E-state index in [1.807, 2.05) is 6.08 Å². The lowest BCUT2D eigenvalue weighted by atomic mass is 10.2. The minimum atomic E-state index is -0.555. The Labute approximate surface area is 110 Å². The number of hydrogen-bond donors (Lipinski definition) is 1. The van der Waals surface area contributed by atoms with Gasteiger partial charge in [-0.3, -0.25) is 4.79 Å². The third-order valence-electron chi connectivity index (χ3n) is 2.34. The molecule has 6 heteroatoms. The second-order valence-electron chi connectivity index (χ2n) is 3.72. The Balaban J connectivity index is 2.52. The summed E-state index contributed by atoms with van der Waals surface area (Å²) in [6, 6.07) is 2.76. The number of ether oxygens (including phenoxy) is 1. The first-order chi connectivity index (χ1) is 9.17. The molecule has 0 fully saturated rings. The molecule has 1 N–H and O–H groups in total. The highest BCUT2D eigenvalue weighted by molar-refractivity contribution is 5.77. The van der Waals surface area contributed by atoms with Gasteiger partial charge in [-0.05, 0) is 31.1 Å². The van der Waals surface area contributed by atoms with Crippen molar-refractivity contribution < 1.29 is 19.1 Å².